The van der Waals surface area contributed by atoms with Crippen LogP contribution in [-0.2, 0) is 0 Å². The van der Waals surface area contributed by atoms with Gasteiger partial charge in [0, 0.05) is 34.9 Å². The molecule has 3 heterocycles. The van der Waals surface area contributed by atoms with Crippen molar-refractivity contribution in [1.29, 1.82) is 0 Å². The molecule has 6 aromatic carbocycles. The Hall–Kier alpha value is -5.30. The van der Waals surface area contributed by atoms with Crippen molar-refractivity contribution >= 4 is 57.2 Å². The molecular weight excluding hydrogens is 547 g/mol. The van der Waals surface area contributed by atoms with E-state index in [9.17, 15) is 8.78 Å². The molecule has 204 valence electrons. The van der Waals surface area contributed by atoms with Gasteiger partial charge in [-0.3, -0.25) is 0 Å². The Labute approximate surface area is 245 Å². The normalized spacial score (nSPS) is 13.4. The quantitative estimate of drug-likeness (QED) is 0.155. The van der Waals surface area contributed by atoms with E-state index >= 15 is 8.78 Å². The molecule has 3 aliphatic rings. The second-order valence-corrected chi connectivity index (χ2v) is 11.0. The summed E-state index contributed by atoms with van der Waals surface area (Å²) in [5.41, 5.74) is 10.3. The van der Waals surface area contributed by atoms with Crippen LogP contribution in [0.2, 0.25) is 0 Å². The minimum Gasteiger partial charge on any atom is -0.309 e. The van der Waals surface area contributed by atoms with Gasteiger partial charge in [-0.25, -0.2) is 17.6 Å². The highest BCUT2D eigenvalue weighted by Crippen LogP contribution is 2.48. The van der Waals surface area contributed by atoms with Crippen LogP contribution in [0, 0.1) is 23.3 Å². The Kier molecular flexibility index (Phi) is 4.87. The van der Waals surface area contributed by atoms with Crippen LogP contribution in [0.3, 0.4) is 0 Å². The fraction of sp³-hybridized carbons (Fsp3) is 0. The van der Waals surface area contributed by atoms with Gasteiger partial charge in [0.1, 0.15) is 23.3 Å². The molecule has 3 aliphatic heterocycles. The topological polar surface area (TPSA) is 6.48 Å². The van der Waals surface area contributed by atoms with Crippen molar-refractivity contribution in [2.24, 2.45) is 0 Å². The van der Waals surface area contributed by atoms with Crippen molar-refractivity contribution in [3.05, 3.63) is 139 Å². The summed E-state index contributed by atoms with van der Waals surface area (Å²) in [6, 6.07) is 33.1. The highest BCUT2D eigenvalue weighted by molar-refractivity contribution is 7.02. The molecular formula is C36H19BF4N2. The second-order valence-electron chi connectivity index (χ2n) is 11.0. The summed E-state index contributed by atoms with van der Waals surface area (Å²) in [6.07, 6.45) is 0. The predicted molar refractivity (Wildman–Crippen MR) is 165 cm³/mol. The van der Waals surface area contributed by atoms with E-state index in [4.69, 9.17) is 0 Å². The molecule has 0 bridgehead atoms. The van der Waals surface area contributed by atoms with Crippen LogP contribution in [0.25, 0.3) is 22.3 Å². The largest absolute Gasteiger partial charge is 0.309 e. The van der Waals surface area contributed by atoms with E-state index in [1.54, 1.807) is 0 Å². The third-order valence-electron chi connectivity index (χ3n) is 8.86. The third-order valence-corrected chi connectivity index (χ3v) is 8.86. The number of hydrogen-bond donors (Lipinski definition) is 0. The van der Waals surface area contributed by atoms with Crippen molar-refractivity contribution in [2.75, 3.05) is 9.80 Å². The van der Waals surface area contributed by atoms with Crippen LogP contribution < -0.4 is 26.2 Å². The minimum atomic E-state index is -0.694. The van der Waals surface area contributed by atoms with Gasteiger partial charge in [-0.15, -0.1) is 0 Å². The molecule has 0 radical (unpaired) electrons. The monoisotopic (exact) mass is 566 g/mol. The van der Waals surface area contributed by atoms with E-state index in [2.05, 4.69) is 24.3 Å². The maximum absolute atomic E-state index is 15.6. The van der Waals surface area contributed by atoms with E-state index < -0.39 is 23.3 Å². The van der Waals surface area contributed by atoms with Gasteiger partial charge in [0.25, 0.3) is 6.71 Å². The molecule has 0 saturated carbocycles. The van der Waals surface area contributed by atoms with Crippen LogP contribution in [0.5, 0.6) is 0 Å². The van der Waals surface area contributed by atoms with Gasteiger partial charge in [0.2, 0.25) is 0 Å². The van der Waals surface area contributed by atoms with Gasteiger partial charge in [-0.2, -0.15) is 0 Å². The summed E-state index contributed by atoms with van der Waals surface area (Å²) in [7, 11) is 0. The van der Waals surface area contributed by atoms with Crippen molar-refractivity contribution in [3.8, 4) is 22.3 Å². The number of fused-ring (bicyclic) bond motifs is 3. The SMILES string of the molecule is Fc1ccc(N2c3cccc4c3B3c5c(cccc5N(c5ccc(F)cc5F)c5cccc2c53)-c2ccccc2-4)c(F)c1. The van der Waals surface area contributed by atoms with Gasteiger partial charge in [0.15, 0.2) is 0 Å². The van der Waals surface area contributed by atoms with Gasteiger partial charge in [-0.05, 0) is 87.2 Å². The van der Waals surface area contributed by atoms with Crippen LogP contribution in [-0.4, -0.2) is 6.71 Å². The molecule has 9 rings (SSSR count). The first-order valence-corrected chi connectivity index (χ1v) is 14.0. The summed E-state index contributed by atoms with van der Waals surface area (Å²) < 4.78 is 59.5. The van der Waals surface area contributed by atoms with Gasteiger partial charge in [0.05, 0.1) is 11.4 Å². The van der Waals surface area contributed by atoms with Gasteiger partial charge in [-0.1, -0.05) is 54.6 Å². The standard InChI is InChI=1S/C36H19BF4N2/c38-20-14-16-28(26(40)18-20)42-30-10-3-8-24-22-6-1-2-7-23(22)25-9-4-11-31-35(25)37(34(24)30)36-32(42)12-5-13-33(36)43(31)29-17-15-21(39)19-27(29)41/h1-19H. The van der Waals surface area contributed by atoms with E-state index in [1.165, 1.54) is 24.3 Å². The zero-order valence-electron chi connectivity index (χ0n) is 22.5. The lowest BCUT2D eigenvalue weighted by molar-refractivity contribution is 0.583. The molecule has 0 N–H and O–H groups in total. The number of anilines is 6. The summed E-state index contributed by atoms with van der Waals surface area (Å²) >= 11 is 0. The predicted octanol–water partition coefficient (Wildman–Crippen LogP) is 7.97. The summed E-state index contributed by atoms with van der Waals surface area (Å²) in [4.78, 5) is 3.67. The average molecular weight is 566 g/mol. The number of nitrogens with zero attached hydrogens (tertiary/aromatic N) is 2. The Balaban J connectivity index is 1.48. The van der Waals surface area contributed by atoms with E-state index in [0.717, 1.165) is 62.1 Å². The molecule has 2 nitrogen and oxygen atoms in total. The lowest BCUT2D eigenvalue weighted by atomic mass is 9.32. The second kappa shape index (κ2) is 8.61. The molecule has 43 heavy (non-hydrogen) atoms. The zero-order valence-corrected chi connectivity index (χ0v) is 22.5. The highest BCUT2D eigenvalue weighted by Gasteiger charge is 2.47. The van der Waals surface area contributed by atoms with Crippen LogP contribution in [0.1, 0.15) is 0 Å². The Morgan fingerprint density at radius 2 is 0.767 bits per heavy atom. The van der Waals surface area contributed by atoms with Crippen molar-refractivity contribution in [1.82, 2.24) is 0 Å². The Morgan fingerprint density at radius 3 is 1.21 bits per heavy atom. The highest BCUT2D eigenvalue weighted by atomic mass is 19.1. The Morgan fingerprint density at radius 1 is 0.372 bits per heavy atom. The van der Waals surface area contributed by atoms with E-state index in [1.807, 2.05) is 64.4 Å². The first-order chi connectivity index (χ1) is 21.0. The Bertz CT molecular complexity index is 2030. The molecule has 0 aliphatic carbocycles. The van der Waals surface area contributed by atoms with Gasteiger partial charge >= 0.3 is 0 Å². The molecule has 0 fully saturated rings. The molecule has 7 heteroatoms. The molecule has 0 saturated heterocycles. The summed E-state index contributed by atoms with van der Waals surface area (Å²) in [6.45, 7) is -0.268. The number of halogens is 4. The smallest absolute Gasteiger partial charge is 0.253 e. The molecule has 0 amide bonds. The number of benzene rings is 6. The summed E-state index contributed by atoms with van der Waals surface area (Å²) in [5.74, 6) is -2.71. The molecule has 0 unspecified atom stereocenters. The molecule has 0 atom stereocenters. The van der Waals surface area contributed by atoms with Gasteiger partial charge < -0.3 is 9.80 Å². The lowest BCUT2D eigenvalue weighted by Crippen LogP contribution is -2.62. The molecule has 0 spiro atoms. The maximum Gasteiger partial charge on any atom is 0.253 e. The summed E-state index contributed by atoms with van der Waals surface area (Å²) in [5, 5.41) is 0. The first-order valence-electron chi connectivity index (χ1n) is 14.0. The van der Waals surface area contributed by atoms with Crippen LogP contribution >= 0.6 is 0 Å². The van der Waals surface area contributed by atoms with Crippen molar-refractivity contribution in [3.63, 3.8) is 0 Å². The number of rotatable bonds is 2. The first kappa shape index (κ1) is 24.3. The maximum atomic E-state index is 15.6. The fourth-order valence-corrected chi connectivity index (χ4v) is 7.29. The van der Waals surface area contributed by atoms with Crippen LogP contribution in [0.15, 0.2) is 115 Å². The molecule has 6 aromatic rings. The van der Waals surface area contributed by atoms with Crippen molar-refractivity contribution in [2.45, 2.75) is 0 Å². The zero-order chi connectivity index (χ0) is 29.0. The third kappa shape index (κ3) is 3.19. The van der Waals surface area contributed by atoms with E-state index in [-0.39, 0.29) is 18.1 Å². The lowest BCUT2D eigenvalue weighted by Gasteiger charge is -2.44. The van der Waals surface area contributed by atoms with E-state index in [0.29, 0.717) is 11.4 Å². The van der Waals surface area contributed by atoms with Crippen LogP contribution in [0.4, 0.5) is 51.7 Å². The molecule has 0 aromatic heterocycles. The fourth-order valence-electron chi connectivity index (χ4n) is 7.29. The average Bonchev–Trinajstić information content (AvgIpc) is 3.14. The number of hydrogen-bond acceptors (Lipinski definition) is 2. The van der Waals surface area contributed by atoms with Crippen molar-refractivity contribution < 1.29 is 17.6 Å². The minimum absolute atomic E-state index is 0.206.